The van der Waals surface area contributed by atoms with Gasteiger partial charge in [0.2, 0.25) is 5.91 Å². The van der Waals surface area contributed by atoms with Crippen molar-refractivity contribution in [2.45, 2.75) is 57.6 Å². The summed E-state index contributed by atoms with van der Waals surface area (Å²) < 4.78 is 0. The zero-order chi connectivity index (χ0) is 13.0. The van der Waals surface area contributed by atoms with Gasteiger partial charge in [0.25, 0.3) is 0 Å². The van der Waals surface area contributed by atoms with Gasteiger partial charge in [-0.1, -0.05) is 6.92 Å². The number of hydrogen-bond acceptors (Lipinski definition) is 3. The molecule has 0 aromatic carbocycles. The molecule has 2 heterocycles. The minimum atomic E-state index is -0.241. The molecule has 2 aliphatic heterocycles. The molecule has 2 saturated heterocycles. The van der Waals surface area contributed by atoms with E-state index in [0.29, 0.717) is 19.1 Å². The lowest BCUT2D eigenvalue weighted by molar-refractivity contribution is -0.136. The van der Waals surface area contributed by atoms with E-state index in [0.717, 1.165) is 45.2 Å². The summed E-state index contributed by atoms with van der Waals surface area (Å²) in [6.07, 6.45) is 6.27. The summed E-state index contributed by atoms with van der Waals surface area (Å²) in [5.74, 6) is 0.260. The van der Waals surface area contributed by atoms with Gasteiger partial charge in [-0.25, -0.2) is 0 Å². The molecule has 2 rings (SSSR count). The quantitative estimate of drug-likeness (QED) is 0.824. The summed E-state index contributed by atoms with van der Waals surface area (Å²) in [5, 5.41) is 9.63. The van der Waals surface area contributed by atoms with Gasteiger partial charge in [-0.3, -0.25) is 9.69 Å². The molecular weight excluding hydrogens is 228 g/mol. The van der Waals surface area contributed by atoms with Crippen LogP contribution in [0.3, 0.4) is 0 Å². The summed E-state index contributed by atoms with van der Waals surface area (Å²) in [6, 6.07) is 0.445. The standard InChI is InChI=1S/C14H26N2O2/c1-2-12-6-3-4-9-16(12)14(18)11-15-8-5-7-13(17)10-15/h12-13,17H,2-11H2,1H3. The third-order valence-electron chi connectivity index (χ3n) is 4.26. The Kier molecular flexibility index (Phi) is 5.01. The van der Waals surface area contributed by atoms with E-state index in [1.54, 1.807) is 0 Å². The molecule has 18 heavy (non-hydrogen) atoms. The fraction of sp³-hybridized carbons (Fsp3) is 0.929. The first-order valence-electron chi connectivity index (χ1n) is 7.40. The molecule has 1 amide bonds. The maximum absolute atomic E-state index is 12.3. The SMILES string of the molecule is CCC1CCCCN1C(=O)CN1CCCC(O)C1. The van der Waals surface area contributed by atoms with Crippen LogP contribution in [0.2, 0.25) is 0 Å². The van der Waals surface area contributed by atoms with E-state index in [4.69, 9.17) is 0 Å². The Bertz CT molecular complexity index is 283. The second kappa shape index (κ2) is 6.53. The molecule has 2 fully saturated rings. The Morgan fingerprint density at radius 2 is 2.06 bits per heavy atom. The van der Waals surface area contributed by atoms with Crippen LogP contribution in [-0.2, 0) is 4.79 Å². The molecule has 104 valence electrons. The molecule has 0 radical (unpaired) electrons. The molecular formula is C14H26N2O2. The maximum Gasteiger partial charge on any atom is 0.236 e. The number of β-amino-alcohol motifs (C(OH)–C–C–N with tert-alkyl or cyclic N) is 1. The number of piperidine rings is 2. The van der Waals surface area contributed by atoms with Crippen molar-refractivity contribution < 1.29 is 9.90 Å². The van der Waals surface area contributed by atoms with E-state index in [2.05, 4.69) is 16.7 Å². The monoisotopic (exact) mass is 254 g/mol. The van der Waals surface area contributed by atoms with Gasteiger partial charge in [-0.2, -0.15) is 0 Å². The molecule has 0 aromatic heterocycles. The van der Waals surface area contributed by atoms with Crippen LogP contribution in [0.25, 0.3) is 0 Å². The van der Waals surface area contributed by atoms with Crippen molar-refractivity contribution in [3.8, 4) is 0 Å². The van der Waals surface area contributed by atoms with Crippen LogP contribution in [0.5, 0.6) is 0 Å². The fourth-order valence-electron chi connectivity index (χ4n) is 3.21. The van der Waals surface area contributed by atoms with E-state index >= 15 is 0 Å². The van der Waals surface area contributed by atoms with Gasteiger partial charge in [0, 0.05) is 19.1 Å². The predicted molar refractivity (Wildman–Crippen MR) is 71.3 cm³/mol. The van der Waals surface area contributed by atoms with Crippen LogP contribution in [0, 0.1) is 0 Å². The summed E-state index contributed by atoms with van der Waals surface area (Å²) in [7, 11) is 0. The third kappa shape index (κ3) is 3.45. The Morgan fingerprint density at radius 3 is 2.78 bits per heavy atom. The van der Waals surface area contributed by atoms with Crippen molar-refractivity contribution in [3.63, 3.8) is 0 Å². The molecule has 0 saturated carbocycles. The van der Waals surface area contributed by atoms with Crippen molar-refractivity contribution in [1.82, 2.24) is 9.80 Å². The predicted octanol–water partition coefficient (Wildman–Crippen LogP) is 1.23. The number of amides is 1. The number of hydrogen-bond donors (Lipinski definition) is 1. The number of rotatable bonds is 3. The van der Waals surface area contributed by atoms with Crippen molar-refractivity contribution in [2.75, 3.05) is 26.2 Å². The lowest BCUT2D eigenvalue weighted by Crippen LogP contribution is -2.50. The van der Waals surface area contributed by atoms with E-state index < -0.39 is 0 Å². The van der Waals surface area contributed by atoms with Crippen LogP contribution in [0.4, 0.5) is 0 Å². The van der Waals surface area contributed by atoms with E-state index in [9.17, 15) is 9.90 Å². The zero-order valence-corrected chi connectivity index (χ0v) is 11.5. The van der Waals surface area contributed by atoms with Crippen molar-refractivity contribution in [3.05, 3.63) is 0 Å². The number of carbonyl (C=O) groups excluding carboxylic acids is 1. The Morgan fingerprint density at radius 1 is 1.22 bits per heavy atom. The number of aliphatic hydroxyl groups is 1. The minimum absolute atomic E-state index is 0.241. The highest BCUT2D eigenvalue weighted by molar-refractivity contribution is 5.78. The molecule has 0 bridgehead atoms. The first-order chi connectivity index (χ1) is 8.70. The van der Waals surface area contributed by atoms with Gasteiger partial charge in [0.15, 0.2) is 0 Å². The van der Waals surface area contributed by atoms with Crippen LogP contribution in [0.1, 0.15) is 45.4 Å². The van der Waals surface area contributed by atoms with E-state index in [1.807, 2.05) is 0 Å². The summed E-state index contributed by atoms with van der Waals surface area (Å²) in [4.78, 5) is 16.5. The lowest BCUT2D eigenvalue weighted by Gasteiger charge is -2.37. The molecule has 2 unspecified atom stereocenters. The van der Waals surface area contributed by atoms with Gasteiger partial charge in [0.05, 0.1) is 12.6 Å². The molecule has 4 heteroatoms. The summed E-state index contributed by atoms with van der Waals surface area (Å²) >= 11 is 0. The molecule has 0 aromatic rings. The highest BCUT2D eigenvalue weighted by atomic mass is 16.3. The topological polar surface area (TPSA) is 43.8 Å². The molecule has 2 atom stereocenters. The normalized spacial score (nSPS) is 30.4. The minimum Gasteiger partial charge on any atom is -0.392 e. The summed E-state index contributed by atoms with van der Waals surface area (Å²) in [6.45, 7) is 5.20. The molecule has 0 spiro atoms. The van der Waals surface area contributed by atoms with Crippen LogP contribution in [-0.4, -0.2) is 59.1 Å². The van der Waals surface area contributed by atoms with Gasteiger partial charge in [-0.15, -0.1) is 0 Å². The van der Waals surface area contributed by atoms with Gasteiger partial charge < -0.3 is 10.0 Å². The summed E-state index contributed by atoms with van der Waals surface area (Å²) in [5.41, 5.74) is 0. The van der Waals surface area contributed by atoms with Crippen molar-refractivity contribution >= 4 is 5.91 Å². The zero-order valence-electron chi connectivity index (χ0n) is 11.5. The smallest absolute Gasteiger partial charge is 0.236 e. The van der Waals surface area contributed by atoms with E-state index in [1.165, 1.54) is 6.42 Å². The van der Waals surface area contributed by atoms with Crippen LogP contribution in [0.15, 0.2) is 0 Å². The number of aliphatic hydroxyl groups excluding tert-OH is 1. The highest BCUT2D eigenvalue weighted by Gasteiger charge is 2.27. The van der Waals surface area contributed by atoms with Gasteiger partial charge in [0.1, 0.15) is 0 Å². The first kappa shape index (κ1) is 13.8. The Labute approximate surface area is 110 Å². The average Bonchev–Trinajstić information content (AvgIpc) is 2.38. The average molecular weight is 254 g/mol. The first-order valence-corrected chi connectivity index (χ1v) is 7.40. The Balaban J connectivity index is 1.85. The Hall–Kier alpha value is -0.610. The second-order valence-electron chi connectivity index (χ2n) is 5.68. The van der Waals surface area contributed by atoms with Crippen LogP contribution < -0.4 is 0 Å². The van der Waals surface area contributed by atoms with Gasteiger partial charge >= 0.3 is 0 Å². The molecule has 0 aliphatic carbocycles. The van der Waals surface area contributed by atoms with E-state index in [-0.39, 0.29) is 12.0 Å². The number of likely N-dealkylation sites (tertiary alicyclic amines) is 2. The van der Waals surface area contributed by atoms with Gasteiger partial charge in [-0.05, 0) is 45.1 Å². The highest BCUT2D eigenvalue weighted by Crippen LogP contribution is 2.20. The number of carbonyl (C=O) groups is 1. The lowest BCUT2D eigenvalue weighted by atomic mass is 10.00. The molecule has 2 aliphatic rings. The molecule has 4 nitrogen and oxygen atoms in total. The maximum atomic E-state index is 12.3. The number of nitrogens with zero attached hydrogens (tertiary/aromatic N) is 2. The van der Waals surface area contributed by atoms with Crippen LogP contribution >= 0.6 is 0 Å². The largest absolute Gasteiger partial charge is 0.392 e. The second-order valence-corrected chi connectivity index (χ2v) is 5.68. The van der Waals surface area contributed by atoms with Crippen molar-refractivity contribution in [2.24, 2.45) is 0 Å². The molecule has 1 N–H and O–H groups in total. The third-order valence-corrected chi connectivity index (χ3v) is 4.26. The van der Waals surface area contributed by atoms with Crippen molar-refractivity contribution in [1.29, 1.82) is 0 Å². The fourth-order valence-corrected chi connectivity index (χ4v) is 3.21.